The molecule has 0 aliphatic carbocycles. The van der Waals surface area contributed by atoms with Crippen LogP contribution < -0.4 is 5.32 Å². The lowest BCUT2D eigenvalue weighted by Gasteiger charge is -2.06. The van der Waals surface area contributed by atoms with Gasteiger partial charge in [-0.25, -0.2) is 0 Å². The molecule has 1 aromatic heterocycles. The molecule has 18 heavy (non-hydrogen) atoms. The van der Waals surface area contributed by atoms with E-state index >= 15 is 0 Å². The molecule has 0 saturated heterocycles. The Morgan fingerprint density at radius 3 is 2.83 bits per heavy atom. The molecule has 1 aromatic carbocycles. The summed E-state index contributed by atoms with van der Waals surface area (Å²) in [5.74, 6) is 0. The van der Waals surface area contributed by atoms with Crippen molar-refractivity contribution in [1.82, 2.24) is 15.1 Å². The van der Waals surface area contributed by atoms with Gasteiger partial charge in [-0.1, -0.05) is 28.1 Å². The van der Waals surface area contributed by atoms with Crippen molar-refractivity contribution in [2.24, 2.45) is 7.05 Å². The Bertz CT molecular complexity index is 520. The zero-order valence-electron chi connectivity index (χ0n) is 10.8. The van der Waals surface area contributed by atoms with Crippen molar-refractivity contribution in [3.8, 4) is 0 Å². The van der Waals surface area contributed by atoms with Gasteiger partial charge in [-0.2, -0.15) is 5.10 Å². The predicted octanol–water partition coefficient (Wildman–Crippen LogP) is 2.82. The number of halogens is 1. The van der Waals surface area contributed by atoms with E-state index in [0.29, 0.717) is 0 Å². The Balaban J connectivity index is 1.76. The molecule has 2 aromatic rings. The quantitative estimate of drug-likeness (QED) is 0.861. The molecule has 0 spiro atoms. The standard InChI is InChI=1S/C14H18BrN3/c1-11-3-4-12(9-14(11)15)10-16-7-5-13-6-8-18(2)17-13/h3-4,6,8-9,16H,5,7,10H2,1-2H3. The van der Waals surface area contributed by atoms with Gasteiger partial charge >= 0.3 is 0 Å². The van der Waals surface area contributed by atoms with E-state index in [2.05, 4.69) is 57.5 Å². The second kappa shape index (κ2) is 6.16. The minimum absolute atomic E-state index is 0.895. The maximum absolute atomic E-state index is 4.35. The van der Waals surface area contributed by atoms with E-state index in [0.717, 1.165) is 25.2 Å². The highest BCUT2D eigenvalue weighted by Crippen LogP contribution is 2.17. The molecule has 1 N–H and O–H groups in total. The number of nitrogens with zero attached hydrogens (tertiary/aromatic N) is 2. The van der Waals surface area contributed by atoms with Crippen LogP contribution in [-0.4, -0.2) is 16.3 Å². The third-order valence-corrected chi connectivity index (χ3v) is 3.75. The van der Waals surface area contributed by atoms with Crippen LogP contribution in [0.25, 0.3) is 0 Å². The number of nitrogens with one attached hydrogen (secondary N) is 1. The van der Waals surface area contributed by atoms with Crippen LogP contribution in [0.15, 0.2) is 34.9 Å². The molecule has 0 fully saturated rings. The Morgan fingerprint density at radius 1 is 1.33 bits per heavy atom. The lowest BCUT2D eigenvalue weighted by Crippen LogP contribution is -2.17. The smallest absolute Gasteiger partial charge is 0.0637 e. The van der Waals surface area contributed by atoms with E-state index in [9.17, 15) is 0 Å². The average molecular weight is 308 g/mol. The van der Waals surface area contributed by atoms with E-state index in [1.165, 1.54) is 15.6 Å². The largest absolute Gasteiger partial charge is 0.312 e. The number of aromatic nitrogens is 2. The second-order valence-electron chi connectivity index (χ2n) is 4.49. The molecule has 0 radical (unpaired) electrons. The Hall–Kier alpha value is -1.13. The molecule has 1 heterocycles. The Morgan fingerprint density at radius 2 is 2.17 bits per heavy atom. The molecule has 0 atom stereocenters. The average Bonchev–Trinajstić information content (AvgIpc) is 2.75. The van der Waals surface area contributed by atoms with Crippen molar-refractivity contribution in [1.29, 1.82) is 0 Å². The summed E-state index contributed by atoms with van der Waals surface area (Å²) in [6.07, 6.45) is 2.94. The fourth-order valence-electron chi connectivity index (χ4n) is 1.79. The van der Waals surface area contributed by atoms with E-state index in [4.69, 9.17) is 0 Å². The molecule has 2 rings (SSSR count). The first-order chi connectivity index (χ1) is 8.65. The summed E-state index contributed by atoms with van der Waals surface area (Å²) in [5.41, 5.74) is 3.70. The van der Waals surface area contributed by atoms with Gasteiger partial charge in [0.2, 0.25) is 0 Å². The molecule has 4 heteroatoms. The number of aryl methyl sites for hydroxylation is 2. The molecule has 96 valence electrons. The number of hydrogen-bond donors (Lipinski definition) is 1. The van der Waals surface area contributed by atoms with Crippen LogP contribution >= 0.6 is 15.9 Å². The van der Waals surface area contributed by atoms with Gasteiger partial charge in [0.25, 0.3) is 0 Å². The van der Waals surface area contributed by atoms with E-state index in [1.54, 1.807) is 0 Å². The van der Waals surface area contributed by atoms with Gasteiger partial charge in [0.05, 0.1) is 5.69 Å². The summed E-state index contributed by atoms with van der Waals surface area (Å²) in [6, 6.07) is 8.53. The lowest BCUT2D eigenvalue weighted by molar-refractivity contribution is 0.665. The van der Waals surface area contributed by atoms with Crippen LogP contribution in [0.1, 0.15) is 16.8 Å². The summed E-state index contributed by atoms with van der Waals surface area (Å²) in [4.78, 5) is 0. The van der Waals surface area contributed by atoms with E-state index < -0.39 is 0 Å². The lowest BCUT2D eigenvalue weighted by atomic mass is 10.1. The third-order valence-electron chi connectivity index (χ3n) is 2.89. The molecule has 0 saturated carbocycles. The summed E-state index contributed by atoms with van der Waals surface area (Å²) >= 11 is 3.55. The van der Waals surface area contributed by atoms with Crippen molar-refractivity contribution in [2.45, 2.75) is 19.9 Å². The molecular weight excluding hydrogens is 290 g/mol. The molecule has 0 bridgehead atoms. The van der Waals surface area contributed by atoms with Gasteiger partial charge in [-0.3, -0.25) is 4.68 Å². The highest BCUT2D eigenvalue weighted by molar-refractivity contribution is 9.10. The number of hydrogen-bond acceptors (Lipinski definition) is 2. The number of benzene rings is 1. The molecule has 0 unspecified atom stereocenters. The molecular formula is C14H18BrN3. The zero-order valence-corrected chi connectivity index (χ0v) is 12.4. The van der Waals surface area contributed by atoms with Gasteiger partial charge in [-0.15, -0.1) is 0 Å². The predicted molar refractivity (Wildman–Crippen MR) is 77.5 cm³/mol. The van der Waals surface area contributed by atoms with Crippen LogP contribution in [-0.2, 0) is 20.0 Å². The molecule has 0 amide bonds. The summed E-state index contributed by atoms with van der Waals surface area (Å²) < 4.78 is 3.01. The normalized spacial score (nSPS) is 10.8. The Kier molecular flexibility index (Phi) is 4.55. The van der Waals surface area contributed by atoms with E-state index in [1.807, 2.05) is 17.9 Å². The van der Waals surface area contributed by atoms with E-state index in [-0.39, 0.29) is 0 Å². The van der Waals surface area contributed by atoms with Gasteiger partial charge in [0.1, 0.15) is 0 Å². The highest BCUT2D eigenvalue weighted by atomic mass is 79.9. The van der Waals surface area contributed by atoms with Gasteiger partial charge in [-0.05, 0) is 30.2 Å². The van der Waals surface area contributed by atoms with Crippen LogP contribution in [0.2, 0.25) is 0 Å². The van der Waals surface area contributed by atoms with Crippen molar-refractivity contribution < 1.29 is 0 Å². The fraction of sp³-hybridized carbons (Fsp3) is 0.357. The maximum Gasteiger partial charge on any atom is 0.0637 e. The van der Waals surface area contributed by atoms with Crippen LogP contribution in [0.3, 0.4) is 0 Å². The number of rotatable bonds is 5. The minimum atomic E-state index is 0.895. The molecule has 0 aliphatic rings. The van der Waals surface area contributed by atoms with Crippen molar-refractivity contribution in [3.63, 3.8) is 0 Å². The summed E-state index contributed by atoms with van der Waals surface area (Å²) in [5, 5.41) is 7.79. The van der Waals surface area contributed by atoms with Crippen molar-refractivity contribution in [3.05, 3.63) is 51.8 Å². The van der Waals surface area contributed by atoms with Gasteiger partial charge < -0.3 is 5.32 Å². The third kappa shape index (κ3) is 3.68. The molecule has 0 aliphatic heterocycles. The maximum atomic E-state index is 4.35. The van der Waals surface area contributed by atoms with Crippen LogP contribution in [0.5, 0.6) is 0 Å². The fourth-order valence-corrected chi connectivity index (χ4v) is 2.22. The highest BCUT2D eigenvalue weighted by Gasteiger charge is 1.99. The molecule has 3 nitrogen and oxygen atoms in total. The van der Waals surface area contributed by atoms with Gasteiger partial charge in [0.15, 0.2) is 0 Å². The van der Waals surface area contributed by atoms with Crippen molar-refractivity contribution >= 4 is 15.9 Å². The summed E-state index contributed by atoms with van der Waals surface area (Å²) in [6.45, 7) is 3.94. The monoisotopic (exact) mass is 307 g/mol. The van der Waals surface area contributed by atoms with Crippen molar-refractivity contribution in [2.75, 3.05) is 6.54 Å². The summed E-state index contributed by atoms with van der Waals surface area (Å²) in [7, 11) is 1.95. The first kappa shape index (κ1) is 13.3. The topological polar surface area (TPSA) is 29.9 Å². The SMILES string of the molecule is Cc1ccc(CNCCc2ccn(C)n2)cc1Br. The van der Waals surface area contributed by atoms with Gasteiger partial charge in [0, 0.05) is 37.2 Å². The Labute approximate surface area is 116 Å². The minimum Gasteiger partial charge on any atom is -0.312 e. The first-order valence-corrected chi connectivity index (χ1v) is 6.89. The first-order valence-electron chi connectivity index (χ1n) is 6.09. The second-order valence-corrected chi connectivity index (χ2v) is 5.35. The van der Waals surface area contributed by atoms with Crippen LogP contribution in [0.4, 0.5) is 0 Å². The van der Waals surface area contributed by atoms with Crippen LogP contribution in [0, 0.1) is 6.92 Å². The zero-order chi connectivity index (χ0) is 13.0.